The summed E-state index contributed by atoms with van der Waals surface area (Å²) in [6.45, 7) is 2.30. The lowest BCUT2D eigenvalue weighted by atomic mass is 10.1. The number of nitrogens with zero attached hydrogens (tertiary/aromatic N) is 3. The quantitative estimate of drug-likeness (QED) is 0.461. The smallest absolute Gasteiger partial charge is 0.165 e. The van der Waals surface area contributed by atoms with Crippen molar-refractivity contribution in [2.75, 3.05) is 13.7 Å². The number of hydrogen-bond donors (Lipinski definition) is 2. The van der Waals surface area contributed by atoms with Crippen LogP contribution in [0.4, 0.5) is 5.82 Å². The van der Waals surface area contributed by atoms with Gasteiger partial charge in [0.25, 0.3) is 0 Å². The second-order valence-corrected chi connectivity index (χ2v) is 6.52. The van der Waals surface area contributed by atoms with Crippen LogP contribution in [-0.2, 0) is 0 Å². The standard InChI is InChI=1S/C23H21N3O4/c1-3-30-20-13-16(8-10-18(20)28)22-23(26-11-5-4-6-21(26)25-22)24-14-15-7-9-17(27)19(12-15)29-2/h4-14,27-28H,3H2,1-2H3. The molecular weight excluding hydrogens is 382 g/mol. The Morgan fingerprint density at radius 2 is 1.83 bits per heavy atom. The monoisotopic (exact) mass is 403 g/mol. The summed E-state index contributed by atoms with van der Waals surface area (Å²) < 4.78 is 12.6. The zero-order valence-corrected chi connectivity index (χ0v) is 16.6. The van der Waals surface area contributed by atoms with Crippen LogP contribution in [0, 0.1) is 0 Å². The van der Waals surface area contributed by atoms with E-state index in [2.05, 4.69) is 4.99 Å². The van der Waals surface area contributed by atoms with Gasteiger partial charge in [-0.3, -0.25) is 4.40 Å². The van der Waals surface area contributed by atoms with Crippen LogP contribution in [0.15, 0.2) is 65.8 Å². The van der Waals surface area contributed by atoms with Gasteiger partial charge in [0.1, 0.15) is 11.3 Å². The van der Waals surface area contributed by atoms with E-state index in [1.54, 1.807) is 42.6 Å². The molecule has 2 aromatic carbocycles. The molecule has 7 nitrogen and oxygen atoms in total. The van der Waals surface area contributed by atoms with Crippen molar-refractivity contribution in [2.45, 2.75) is 6.92 Å². The van der Waals surface area contributed by atoms with E-state index < -0.39 is 0 Å². The van der Waals surface area contributed by atoms with Crippen molar-refractivity contribution in [2.24, 2.45) is 4.99 Å². The Morgan fingerprint density at radius 1 is 1.03 bits per heavy atom. The zero-order valence-electron chi connectivity index (χ0n) is 16.6. The number of aliphatic imine (C=N–C) groups is 1. The first-order valence-electron chi connectivity index (χ1n) is 9.45. The van der Waals surface area contributed by atoms with Gasteiger partial charge >= 0.3 is 0 Å². The van der Waals surface area contributed by atoms with Gasteiger partial charge in [0.15, 0.2) is 28.8 Å². The Kier molecular flexibility index (Phi) is 5.26. The number of hydrogen-bond acceptors (Lipinski definition) is 6. The van der Waals surface area contributed by atoms with Crippen LogP contribution in [0.5, 0.6) is 23.0 Å². The van der Waals surface area contributed by atoms with Gasteiger partial charge in [-0.05, 0) is 61.0 Å². The first kappa shape index (κ1) is 19.3. The molecule has 0 saturated carbocycles. The molecule has 0 unspecified atom stereocenters. The summed E-state index contributed by atoms with van der Waals surface area (Å²) in [4.78, 5) is 9.40. The van der Waals surface area contributed by atoms with E-state index in [-0.39, 0.29) is 11.5 Å². The highest BCUT2D eigenvalue weighted by molar-refractivity contribution is 5.86. The van der Waals surface area contributed by atoms with E-state index in [4.69, 9.17) is 14.5 Å². The number of aromatic nitrogens is 2. The Hall–Kier alpha value is -4.00. The predicted molar refractivity (Wildman–Crippen MR) is 115 cm³/mol. The third-order valence-electron chi connectivity index (χ3n) is 4.58. The van der Waals surface area contributed by atoms with Crippen LogP contribution in [0.25, 0.3) is 16.9 Å². The van der Waals surface area contributed by atoms with Gasteiger partial charge in [0, 0.05) is 18.0 Å². The van der Waals surface area contributed by atoms with Crippen LogP contribution in [-0.4, -0.2) is 39.5 Å². The molecule has 0 aliphatic carbocycles. The molecule has 2 heterocycles. The molecule has 0 atom stereocenters. The molecule has 0 radical (unpaired) electrons. The highest BCUT2D eigenvalue weighted by Gasteiger charge is 2.15. The van der Waals surface area contributed by atoms with Gasteiger partial charge in [-0.2, -0.15) is 0 Å². The van der Waals surface area contributed by atoms with Crippen LogP contribution >= 0.6 is 0 Å². The minimum absolute atomic E-state index is 0.0673. The fourth-order valence-electron chi connectivity index (χ4n) is 3.14. The van der Waals surface area contributed by atoms with Gasteiger partial charge in [-0.15, -0.1) is 0 Å². The first-order chi connectivity index (χ1) is 14.6. The maximum atomic E-state index is 10.0. The number of rotatable bonds is 6. The van der Waals surface area contributed by atoms with Crippen LogP contribution in [0.3, 0.4) is 0 Å². The van der Waals surface area contributed by atoms with Crippen molar-refractivity contribution in [1.29, 1.82) is 0 Å². The third kappa shape index (κ3) is 3.65. The summed E-state index contributed by atoms with van der Waals surface area (Å²) in [6.07, 6.45) is 3.57. The van der Waals surface area contributed by atoms with E-state index in [0.29, 0.717) is 29.6 Å². The fourth-order valence-corrected chi connectivity index (χ4v) is 3.14. The number of aromatic hydroxyl groups is 2. The lowest BCUT2D eigenvalue weighted by molar-refractivity contribution is 0.318. The van der Waals surface area contributed by atoms with Crippen LogP contribution < -0.4 is 9.47 Å². The Balaban J connectivity index is 1.83. The van der Waals surface area contributed by atoms with Crippen molar-refractivity contribution in [3.8, 4) is 34.3 Å². The van der Waals surface area contributed by atoms with Gasteiger partial charge in [0.05, 0.1) is 13.7 Å². The molecule has 0 aliphatic heterocycles. The molecule has 4 aromatic rings. The average Bonchev–Trinajstić information content (AvgIpc) is 3.13. The van der Waals surface area contributed by atoms with Crippen molar-refractivity contribution >= 4 is 17.7 Å². The molecule has 0 spiro atoms. The normalized spacial score (nSPS) is 11.3. The highest BCUT2D eigenvalue weighted by atomic mass is 16.5. The molecule has 7 heteroatoms. The van der Waals surface area contributed by atoms with Crippen molar-refractivity contribution < 1.29 is 19.7 Å². The number of phenolic OH excluding ortho intramolecular Hbond substituents is 2. The summed E-state index contributed by atoms with van der Waals surface area (Å²) >= 11 is 0. The van der Waals surface area contributed by atoms with Crippen LogP contribution in [0.1, 0.15) is 12.5 Å². The van der Waals surface area contributed by atoms with E-state index in [0.717, 1.165) is 16.8 Å². The second kappa shape index (κ2) is 8.16. The summed E-state index contributed by atoms with van der Waals surface area (Å²) in [5.41, 5.74) is 2.94. The summed E-state index contributed by atoms with van der Waals surface area (Å²) in [7, 11) is 1.50. The number of fused-ring (bicyclic) bond motifs is 1. The summed E-state index contributed by atoms with van der Waals surface area (Å²) in [5, 5.41) is 19.8. The maximum absolute atomic E-state index is 10.0. The molecule has 0 amide bonds. The van der Waals surface area contributed by atoms with Gasteiger partial charge in [-0.1, -0.05) is 6.07 Å². The molecule has 0 fully saturated rings. The average molecular weight is 403 g/mol. The molecule has 152 valence electrons. The van der Waals surface area contributed by atoms with Crippen molar-refractivity contribution in [3.63, 3.8) is 0 Å². The highest BCUT2D eigenvalue weighted by Crippen LogP contribution is 2.36. The van der Waals surface area contributed by atoms with E-state index >= 15 is 0 Å². The summed E-state index contributed by atoms with van der Waals surface area (Å²) in [6, 6.07) is 15.8. The first-order valence-corrected chi connectivity index (χ1v) is 9.45. The molecule has 2 aromatic heterocycles. The summed E-state index contributed by atoms with van der Waals surface area (Å²) in [5.74, 6) is 1.54. The Bertz CT molecular complexity index is 1230. The molecule has 30 heavy (non-hydrogen) atoms. The minimum atomic E-state index is 0.0673. The SMILES string of the molecule is CCOc1cc(-c2nc3ccccn3c2N=Cc2ccc(O)c(OC)c2)ccc1O. The molecule has 4 rings (SSSR count). The fraction of sp³-hybridized carbons (Fsp3) is 0.130. The molecular formula is C23H21N3O4. The lowest BCUT2D eigenvalue weighted by Crippen LogP contribution is -1.92. The van der Waals surface area contributed by atoms with Gasteiger partial charge in [-0.25, -0.2) is 9.98 Å². The third-order valence-corrected chi connectivity index (χ3v) is 4.58. The molecule has 2 N–H and O–H groups in total. The van der Waals surface area contributed by atoms with E-state index in [9.17, 15) is 10.2 Å². The van der Waals surface area contributed by atoms with Crippen molar-refractivity contribution in [1.82, 2.24) is 9.38 Å². The van der Waals surface area contributed by atoms with Gasteiger partial charge in [0.2, 0.25) is 0 Å². The Morgan fingerprint density at radius 3 is 2.63 bits per heavy atom. The second-order valence-electron chi connectivity index (χ2n) is 6.52. The predicted octanol–water partition coefficient (Wildman–Crippen LogP) is 4.57. The van der Waals surface area contributed by atoms with Crippen molar-refractivity contribution in [3.05, 3.63) is 66.4 Å². The number of phenols is 2. The number of benzene rings is 2. The topological polar surface area (TPSA) is 88.6 Å². The van der Waals surface area contributed by atoms with E-state index in [1.807, 2.05) is 35.7 Å². The van der Waals surface area contributed by atoms with Gasteiger partial charge < -0.3 is 19.7 Å². The van der Waals surface area contributed by atoms with E-state index in [1.165, 1.54) is 7.11 Å². The Labute approximate surface area is 173 Å². The number of pyridine rings is 1. The molecule has 0 bridgehead atoms. The number of imidazole rings is 1. The largest absolute Gasteiger partial charge is 0.504 e. The van der Waals surface area contributed by atoms with Crippen LogP contribution in [0.2, 0.25) is 0 Å². The lowest BCUT2D eigenvalue weighted by Gasteiger charge is -2.08. The number of methoxy groups -OCH3 is 1. The number of ether oxygens (including phenoxy) is 2. The maximum Gasteiger partial charge on any atom is 0.165 e. The minimum Gasteiger partial charge on any atom is -0.504 e. The molecule has 0 saturated heterocycles. The molecule has 0 aliphatic rings. The zero-order chi connectivity index (χ0) is 21.1.